The van der Waals surface area contributed by atoms with Gasteiger partial charge in [0.2, 0.25) is 5.43 Å². The second-order valence-electron chi connectivity index (χ2n) is 6.14. The van der Waals surface area contributed by atoms with Gasteiger partial charge >= 0.3 is 0 Å². The van der Waals surface area contributed by atoms with E-state index in [4.69, 9.17) is 11.6 Å². The molecule has 0 aliphatic carbocycles. The summed E-state index contributed by atoms with van der Waals surface area (Å²) in [7, 11) is 0. The van der Waals surface area contributed by atoms with Gasteiger partial charge in [0.15, 0.2) is 11.3 Å². The molecule has 0 spiro atoms. The summed E-state index contributed by atoms with van der Waals surface area (Å²) in [6, 6.07) is 9.54. The predicted octanol–water partition coefficient (Wildman–Crippen LogP) is 3.49. The summed E-state index contributed by atoms with van der Waals surface area (Å²) in [5.74, 6) is -1.31. The van der Waals surface area contributed by atoms with E-state index in [0.717, 1.165) is 0 Å². The van der Waals surface area contributed by atoms with Crippen molar-refractivity contribution in [2.75, 3.05) is 0 Å². The van der Waals surface area contributed by atoms with Crippen LogP contribution in [-0.4, -0.2) is 19.1 Å². The van der Waals surface area contributed by atoms with E-state index in [1.165, 1.54) is 45.9 Å². The van der Waals surface area contributed by atoms with Gasteiger partial charge < -0.3 is 14.1 Å². The zero-order valence-corrected chi connectivity index (χ0v) is 16.3. The molecule has 29 heavy (non-hydrogen) atoms. The molecule has 0 radical (unpaired) electrons. The minimum atomic E-state index is -0.706. The van der Waals surface area contributed by atoms with Crippen LogP contribution in [0.15, 0.2) is 70.8 Å². The Bertz CT molecular complexity index is 1320. The molecule has 3 aromatic heterocycles. The summed E-state index contributed by atoms with van der Waals surface area (Å²) in [6.07, 6.45) is 5.91. The third-order valence-corrected chi connectivity index (χ3v) is 4.69. The number of nitrogens with zero attached hydrogens (tertiary/aromatic N) is 3. The molecule has 0 unspecified atom stereocenters. The zero-order chi connectivity index (χ0) is 19.8. The third-order valence-electron chi connectivity index (χ3n) is 4.39. The number of halogens is 3. The summed E-state index contributed by atoms with van der Waals surface area (Å²) in [4.78, 5) is 29.5. The molecule has 4 aromatic rings. The molecular weight excluding hydrogens is 420 g/mol. The Morgan fingerprint density at radius 3 is 2.62 bits per heavy atom. The highest BCUT2D eigenvalue weighted by atomic mass is 35.5. The predicted molar refractivity (Wildman–Crippen MR) is 111 cm³/mol. The summed E-state index contributed by atoms with van der Waals surface area (Å²) >= 11 is 5.78. The standard InChI is InChI=1S/C20H13ClFN3O3.ClH/c21-14-5-3-4-12(16(14)22)10-25-9-8-24-11-13(15-6-1-2-7-23-15)18(26)19(27)17(24)20(25)28;/h1-9,11,27H,10H2;1H. The van der Waals surface area contributed by atoms with Crippen LogP contribution in [0.5, 0.6) is 5.75 Å². The number of hydrogen-bond donors (Lipinski definition) is 1. The molecule has 9 heteroatoms. The van der Waals surface area contributed by atoms with Crippen molar-refractivity contribution in [2.45, 2.75) is 6.54 Å². The average Bonchev–Trinajstić information content (AvgIpc) is 2.70. The van der Waals surface area contributed by atoms with Gasteiger partial charge in [-0.25, -0.2) is 4.39 Å². The molecule has 0 saturated heterocycles. The van der Waals surface area contributed by atoms with E-state index >= 15 is 0 Å². The van der Waals surface area contributed by atoms with Crippen LogP contribution >= 0.6 is 24.0 Å². The topological polar surface area (TPSA) is 76.6 Å². The molecule has 3 heterocycles. The molecule has 0 atom stereocenters. The van der Waals surface area contributed by atoms with Gasteiger partial charge in [-0.1, -0.05) is 29.8 Å². The Morgan fingerprint density at radius 1 is 1.10 bits per heavy atom. The fourth-order valence-electron chi connectivity index (χ4n) is 2.99. The van der Waals surface area contributed by atoms with Crippen LogP contribution in [0.1, 0.15) is 5.56 Å². The Morgan fingerprint density at radius 2 is 1.90 bits per heavy atom. The quantitative estimate of drug-likeness (QED) is 0.536. The lowest BCUT2D eigenvalue weighted by Gasteiger charge is -2.11. The van der Waals surface area contributed by atoms with Gasteiger partial charge in [-0.2, -0.15) is 0 Å². The molecule has 148 valence electrons. The minimum absolute atomic E-state index is 0. The van der Waals surface area contributed by atoms with Crippen molar-refractivity contribution < 1.29 is 9.50 Å². The number of pyridine rings is 2. The minimum Gasteiger partial charge on any atom is -0.503 e. The smallest absolute Gasteiger partial charge is 0.279 e. The first kappa shape index (κ1) is 20.6. The maximum absolute atomic E-state index is 14.2. The number of rotatable bonds is 3. The molecule has 4 rings (SSSR count). The number of aromatic nitrogens is 3. The normalized spacial score (nSPS) is 10.7. The van der Waals surface area contributed by atoms with E-state index in [9.17, 15) is 19.1 Å². The van der Waals surface area contributed by atoms with Crippen LogP contribution in [0.4, 0.5) is 4.39 Å². The largest absolute Gasteiger partial charge is 0.503 e. The third kappa shape index (κ3) is 3.62. The number of hydrogen-bond acceptors (Lipinski definition) is 4. The van der Waals surface area contributed by atoms with Gasteiger partial charge in [-0.05, 0) is 18.2 Å². The SMILES string of the molecule is Cl.O=c1c(-c2ccccn2)cn2ccn(Cc3cccc(Cl)c3F)c(=O)c2c1O. The van der Waals surface area contributed by atoms with Crippen molar-refractivity contribution in [3.8, 4) is 17.0 Å². The van der Waals surface area contributed by atoms with E-state index in [-0.39, 0.29) is 40.6 Å². The van der Waals surface area contributed by atoms with E-state index in [1.807, 2.05) is 0 Å². The lowest BCUT2D eigenvalue weighted by Crippen LogP contribution is -2.25. The second kappa shape index (κ2) is 8.06. The highest BCUT2D eigenvalue weighted by molar-refractivity contribution is 6.30. The van der Waals surface area contributed by atoms with Gasteiger partial charge in [-0.3, -0.25) is 14.6 Å². The van der Waals surface area contributed by atoms with Crippen molar-refractivity contribution in [1.29, 1.82) is 0 Å². The van der Waals surface area contributed by atoms with Crippen LogP contribution in [0.25, 0.3) is 16.8 Å². The van der Waals surface area contributed by atoms with Crippen molar-refractivity contribution in [3.05, 3.63) is 98.2 Å². The molecule has 0 bridgehead atoms. The van der Waals surface area contributed by atoms with Crippen molar-refractivity contribution in [2.24, 2.45) is 0 Å². The fourth-order valence-corrected chi connectivity index (χ4v) is 3.18. The fraction of sp³-hybridized carbons (Fsp3) is 0.0500. The first-order chi connectivity index (χ1) is 13.5. The summed E-state index contributed by atoms with van der Waals surface area (Å²) in [5, 5.41) is 10.4. The first-order valence-electron chi connectivity index (χ1n) is 8.29. The van der Waals surface area contributed by atoms with E-state index in [0.29, 0.717) is 5.69 Å². The zero-order valence-electron chi connectivity index (χ0n) is 14.8. The Balaban J connectivity index is 0.00000240. The van der Waals surface area contributed by atoms with Gasteiger partial charge in [0.1, 0.15) is 5.82 Å². The molecule has 6 nitrogen and oxygen atoms in total. The van der Waals surface area contributed by atoms with Gasteiger partial charge in [0.25, 0.3) is 5.56 Å². The van der Waals surface area contributed by atoms with Crippen molar-refractivity contribution in [1.82, 2.24) is 14.0 Å². The molecule has 1 N–H and O–H groups in total. The lowest BCUT2D eigenvalue weighted by molar-refractivity contribution is 0.472. The molecule has 0 aliphatic rings. The maximum atomic E-state index is 14.2. The summed E-state index contributed by atoms with van der Waals surface area (Å²) in [5.41, 5.74) is -0.789. The van der Waals surface area contributed by atoms with Crippen LogP contribution in [0.3, 0.4) is 0 Å². The van der Waals surface area contributed by atoms with Crippen LogP contribution in [0.2, 0.25) is 5.02 Å². The van der Waals surface area contributed by atoms with E-state index in [1.54, 1.807) is 24.3 Å². The van der Waals surface area contributed by atoms with Crippen LogP contribution in [0, 0.1) is 5.82 Å². The van der Waals surface area contributed by atoms with Gasteiger partial charge in [-0.15, -0.1) is 12.4 Å². The monoisotopic (exact) mass is 433 g/mol. The van der Waals surface area contributed by atoms with Crippen LogP contribution in [-0.2, 0) is 6.54 Å². The molecule has 0 saturated carbocycles. The Labute approximate surface area is 174 Å². The van der Waals surface area contributed by atoms with Gasteiger partial charge in [0.05, 0.1) is 22.8 Å². The molecule has 0 fully saturated rings. The van der Waals surface area contributed by atoms with Crippen LogP contribution < -0.4 is 11.0 Å². The van der Waals surface area contributed by atoms with Crippen molar-refractivity contribution >= 4 is 29.5 Å². The first-order valence-corrected chi connectivity index (χ1v) is 8.67. The van der Waals surface area contributed by atoms with E-state index in [2.05, 4.69) is 4.98 Å². The average molecular weight is 434 g/mol. The molecule has 0 amide bonds. The molecule has 1 aromatic carbocycles. The Hall–Kier alpha value is -3.16. The Kier molecular flexibility index (Phi) is 5.72. The number of fused-ring (bicyclic) bond motifs is 1. The highest BCUT2D eigenvalue weighted by Gasteiger charge is 2.17. The maximum Gasteiger partial charge on any atom is 0.279 e. The molecule has 0 aliphatic heterocycles. The number of benzene rings is 1. The van der Waals surface area contributed by atoms with E-state index < -0.39 is 22.6 Å². The lowest BCUT2D eigenvalue weighted by atomic mass is 10.1. The summed E-state index contributed by atoms with van der Waals surface area (Å²) < 4.78 is 16.7. The molecular formula is C20H14Cl2FN3O3. The number of aromatic hydroxyl groups is 1. The van der Waals surface area contributed by atoms with Crippen molar-refractivity contribution in [3.63, 3.8) is 0 Å². The highest BCUT2D eigenvalue weighted by Crippen LogP contribution is 2.20. The summed E-state index contributed by atoms with van der Waals surface area (Å²) in [6.45, 7) is -0.0999. The van der Waals surface area contributed by atoms with Gasteiger partial charge in [0, 0.05) is 30.4 Å². The second-order valence-corrected chi connectivity index (χ2v) is 6.54.